The molecule has 3 aliphatic carbocycles. The molecule has 3 spiro atoms. The minimum absolute atomic E-state index is 0.605. The zero-order valence-corrected chi connectivity index (χ0v) is 42.7. The van der Waals surface area contributed by atoms with Gasteiger partial charge in [-0.2, -0.15) is 0 Å². The van der Waals surface area contributed by atoms with E-state index in [1.807, 2.05) is 0 Å². The van der Waals surface area contributed by atoms with Crippen LogP contribution in [0.25, 0.3) is 33.4 Å². The van der Waals surface area contributed by atoms with E-state index >= 15 is 0 Å². The normalized spacial score (nSPS) is 15.2. The second kappa shape index (κ2) is 15.5. The van der Waals surface area contributed by atoms with Crippen LogP contribution in [0.15, 0.2) is 273 Å². The molecule has 0 fully saturated rings. The molecule has 368 valence electrons. The molecule has 0 N–H and O–H groups in total. The van der Waals surface area contributed by atoms with Crippen molar-refractivity contribution in [1.82, 2.24) is 0 Å². The monoisotopic (exact) mass is 1010 g/mol. The van der Waals surface area contributed by atoms with Crippen LogP contribution in [-0.4, -0.2) is 0 Å². The molecular weight excluding hydrogens is 963 g/mol. The molecule has 0 saturated carbocycles. The van der Waals surface area contributed by atoms with E-state index in [0.717, 1.165) is 84.9 Å². The van der Waals surface area contributed by atoms with Crippen molar-refractivity contribution in [2.75, 3.05) is 4.90 Å². The number of benzene rings is 12. The first-order chi connectivity index (χ1) is 39.2. The number of nitrogens with zero attached hydrogens (tertiary/aromatic N) is 1. The molecule has 3 aliphatic heterocycles. The molecule has 12 aromatic rings. The Labute approximate surface area is 457 Å². The predicted octanol–water partition coefficient (Wildman–Crippen LogP) is 18.6. The highest BCUT2D eigenvalue weighted by molar-refractivity contribution is 5.96. The van der Waals surface area contributed by atoms with Crippen LogP contribution in [0, 0.1) is 0 Å². The summed E-state index contributed by atoms with van der Waals surface area (Å²) in [6.07, 6.45) is 0. The second-order valence-electron chi connectivity index (χ2n) is 21.7. The molecule has 0 atom stereocenters. The quantitative estimate of drug-likeness (QED) is 0.176. The van der Waals surface area contributed by atoms with E-state index < -0.39 is 16.2 Å². The standard InChI is InChI=1S/C75H45NO3/c1-4-22-55-49(19-1)52-40-37-47(44-65(52)74(55)61-27-9-15-33-69(61)78-70-34-16-10-28-62(70)74)76(46-39-42-58-54(43-46)51-21-3-6-24-57(51)73(58)59-25-7-13-31-67(59)77-68-32-14-8-26-60(68)73)48-38-41-53-50-20-2-5-23-56(50)75(66(53)45-48)63-29-11-17-35-71(63)79-72-36-18-12-30-64(72)75/h1-45H. The lowest BCUT2D eigenvalue weighted by atomic mass is 9.66. The van der Waals surface area contributed by atoms with Gasteiger partial charge in [-0.3, -0.25) is 0 Å². The lowest BCUT2D eigenvalue weighted by molar-refractivity contribution is 0.436. The molecular formula is C75H45NO3. The van der Waals surface area contributed by atoms with Crippen molar-refractivity contribution in [3.63, 3.8) is 0 Å². The Morgan fingerprint density at radius 2 is 0.430 bits per heavy atom. The lowest BCUT2D eigenvalue weighted by Crippen LogP contribution is -2.32. The first kappa shape index (κ1) is 43.0. The topological polar surface area (TPSA) is 30.9 Å². The number of hydrogen-bond acceptors (Lipinski definition) is 4. The number of rotatable bonds is 3. The Balaban J connectivity index is 0.932. The minimum atomic E-state index is -0.661. The van der Waals surface area contributed by atoms with E-state index in [2.05, 4.69) is 278 Å². The summed E-state index contributed by atoms with van der Waals surface area (Å²) in [5.41, 5.74) is 22.8. The number of fused-ring (bicyclic) bond motifs is 27. The Hall–Kier alpha value is -10.2. The second-order valence-corrected chi connectivity index (χ2v) is 21.7. The highest BCUT2D eigenvalue weighted by Crippen LogP contribution is 2.67. The highest BCUT2D eigenvalue weighted by Gasteiger charge is 2.54. The Kier molecular flexibility index (Phi) is 8.44. The molecule has 12 aromatic carbocycles. The van der Waals surface area contributed by atoms with Crippen LogP contribution in [0.4, 0.5) is 17.1 Å². The highest BCUT2D eigenvalue weighted by atomic mass is 16.5. The number of anilines is 3. The van der Waals surface area contributed by atoms with Gasteiger partial charge in [0.05, 0.1) is 16.2 Å². The molecule has 0 unspecified atom stereocenters. The molecule has 4 heteroatoms. The Morgan fingerprint density at radius 3 is 0.785 bits per heavy atom. The molecule has 4 nitrogen and oxygen atoms in total. The van der Waals surface area contributed by atoms with Crippen LogP contribution in [-0.2, 0) is 16.2 Å². The SMILES string of the molecule is c1ccc2c(c1)Oc1ccccc1C21c2ccccc2-c2cc(N(c3ccc4c(c3)C3(c5ccccc5Oc5ccccc53)c3ccccc3-4)c3ccc4c(c3)C3(c5ccccc5Oc5ccccc53)c3ccccc3-4)ccc21. The fourth-order valence-corrected chi connectivity index (χ4v) is 15.4. The summed E-state index contributed by atoms with van der Waals surface area (Å²) in [6, 6.07) is 100. The maximum Gasteiger partial charge on any atom is 0.132 e. The molecule has 0 radical (unpaired) electrons. The molecule has 3 heterocycles. The van der Waals surface area contributed by atoms with E-state index in [-0.39, 0.29) is 0 Å². The van der Waals surface area contributed by atoms with Crippen LogP contribution >= 0.6 is 0 Å². The fraction of sp³-hybridized carbons (Fsp3) is 0.0400. The first-order valence-corrected chi connectivity index (χ1v) is 27.3. The van der Waals surface area contributed by atoms with Gasteiger partial charge in [0.25, 0.3) is 0 Å². The summed E-state index contributed by atoms with van der Waals surface area (Å²) in [6.45, 7) is 0. The van der Waals surface area contributed by atoms with Crippen LogP contribution in [0.5, 0.6) is 34.5 Å². The van der Waals surface area contributed by atoms with Crippen LogP contribution in [0.2, 0.25) is 0 Å². The third-order valence-corrected chi connectivity index (χ3v) is 18.3. The average molecular weight is 1010 g/mol. The van der Waals surface area contributed by atoms with Gasteiger partial charge in [-0.25, -0.2) is 0 Å². The van der Waals surface area contributed by atoms with E-state index in [4.69, 9.17) is 14.2 Å². The number of para-hydroxylation sites is 6. The van der Waals surface area contributed by atoms with Gasteiger partial charge in [-0.1, -0.05) is 200 Å². The Morgan fingerprint density at radius 1 is 0.190 bits per heavy atom. The molecule has 6 aliphatic rings. The summed E-state index contributed by atoms with van der Waals surface area (Å²) in [5.74, 6) is 5.23. The Bertz CT molecular complexity index is 4310. The maximum absolute atomic E-state index is 6.82. The van der Waals surface area contributed by atoms with E-state index in [1.54, 1.807) is 0 Å². The van der Waals surface area contributed by atoms with Gasteiger partial charge in [0.1, 0.15) is 34.5 Å². The summed E-state index contributed by atoms with van der Waals surface area (Å²) >= 11 is 0. The van der Waals surface area contributed by atoms with Gasteiger partial charge in [-0.15, -0.1) is 0 Å². The third-order valence-electron chi connectivity index (χ3n) is 18.3. The molecule has 79 heavy (non-hydrogen) atoms. The van der Waals surface area contributed by atoms with Gasteiger partial charge in [0, 0.05) is 50.4 Å². The van der Waals surface area contributed by atoms with Crippen LogP contribution in [0.3, 0.4) is 0 Å². The minimum Gasteiger partial charge on any atom is -0.457 e. The van der Waals surface area contributed by atoms with Crippen molar-refractivity contribution < 1.29 is 14.2 Å². The smallest absolute Gasteiger partial charge is 0.132 e. The zero-order chi connectivity index (χ0) is 51.6. The summed E-state index contributed by atoms with van der Waals surface area (Å²) in [4.78, 5) is 2.52. The van der Waals surface area contributed by atoms with Gasteiger partial charge < -0.3 is 19.1 Å². The summed E-state index contributed by atoms with van der Waals surface area (Å²) in [7, 11) is 0. The van der Waals surface area contributed by atoms with Crippen molar-refractivity contribution in [3.05, 3.63) is 340 Å². The zero-order valence-electron chi connectivity index (χ0n) is 42.7. The van der Waals surface area contributed by atoms with Gasteiger partial charge in [0.2, 0.25) is 0 Å². The molecule has 0 saturated heterocycles. The fourth-order valence-electron chi connectivity index (χ4n) is 15.4. The molecule has 18 rings (SSSR count). The first-order valence-electron chi connectivity index (χ1n) is 27.3. The van der Waals surface area contributed by atoms with Gasteiger partial charge >= 0.3 is 0 Å². The third kappa shape index (κ3) is 5.29. The van der Waals surface area contributed by atoms with Crippen LogP contribution in [0.1, 0.15) is 66.8 Å². The maximum atomic E-state index is 6.82. The van der Waals surface area contributed by atoms with Crippen molar-refractivity contribution in [2.24, 2.45) is 0 Å². The van der Waals surface area contributed by atoms with Crippen molar-refractivity contribution in [2.45, 2.75) is 16.2 Å². The van der Waals surface area contributed by atoms with Crippen molar-refractivity contribution >= 4 is 17.1 Å². The van der Waals surface area contributed by atoms with Gasteiger partial charge in [0.15, 0.2) is 0 Å². The largest absolute Gasteiger partial charge is 0.457 e. The van der Waals surface area contributed by atoms with E-state index in [1.165, 1.54) is 66.8 Å². The summed E-state index contributed by atoms with van der Waals surface area (Å²) in [5, 5.41) is 0. The molecule has 0 bridgehead atoms. The van der Waals surface area contributed by atoms with Crippen molar-refractivity contribution in [3.8, 4) is 67.9 Å². The summed E-state index contributed by atoms with van der Waals surface area (Å²) < 4.78 is 20.4. The van der Waals surface area contributed by atoms with Crippen molar-refractivity contribution in [1.29, 1.82) is 0 Å². The lowest BCUT2D eigenvalue weighted by Gasteiger charge is -2.40. The number of hydrogen-bond donors (Lipinski definition) is 0. The molecule has 0 aromatic heterocycles. The van der Waals surface area contributed by atoms with Crippen LogP contribution < -0.4 is 19.1 Å². The number of ether oxygens (including phenoxy) is 3. The predicted molar refractivity (Wildman–Crippen MR) is 313 cm³/mol. The van der Waals surface area contributed by atoms with E-state index in [9.17, 15) is 0 Å². The van der Waals surface area contributed by atoms with Gasteiger partial charge in [-0.05, 0) is 140 Å². The average Bonchev–Trinajstić information content (AvgIpc) is 2.99. The molecule has 0 amide bonds. The van der Waals surface area contributed by atoms with E-state index in [0.29, 0.717) is 0 Å².